The minimum Gasteiger partial charge on any atom is -0.159 e. The minimum absolute atomic E-state index is 0.224. The van der Waals surface area contributed by atoms with Crippen molar-refractivity contribution in [1.29, 1.82) is 0 Å². The molecule has 2 rings (SSSR count). The van der Waals surface area contributed by atoms with Crippen molar-refractivity contribution in [3.05, 3.63) is 54.1 Å². The Morgan fingerprint density at radius 3 is 2.53 bits per heavy atom. The minimum atomic E-state index is -0.224. The van der Waals surface area contributed by atoms with E-state index in [1.165, 1.54) is 10.5 Å². The van der Waals surface area contributed by atoms with Crippen LogP contribution in [0.15, 0.2) is 53.5 Å². The first-order valence-electron chi connectivity index (χ1n) is 4.97. The topological polar surface area (TPSA) is 0 Å². The monoisotopic (exact) mass is 234 g/mol. The van der Waals surface area contributed by atoms with Crippen molar-refractivity contribution in [2.45, 2.75) is 16.1 Å². The van der Waals surface area contributed by atoms with Crippen LogP contribution < -0.4 is 0 Å². The molecule has 0 aromatic heterocycles. The summed E-state index contributed by atoms with van der Waals surface area (Å²) in [5.41, 5.74) is 1.27. The van der Waals surface area contributed by atoms with Crippen molar-refractivity contribution >= 4 is 24.4 Å². The smallest absolute Gasteiger partial charge is 0.0750 e. The van der Waals surface area contributed by atoms with Gasteiger partial charge in [0.05, 0.1) is 4.75 Å². The number of benzene rings is 1. The van der Waals surface area contributed by atoms with Gasteiger partial charge in [0.1, 0.15) is 0 Å². The molecule has 0 fully saturated rings. The fourth-order valence-electron chi connectivity index (χ4n) is 1.78. The molecule has 0 aliphatic heterocycles. The first kappa shape index (κ1) is 10.9. The molecule has 0 atom stereocenters. The van der Waals surface area contributed by atoms with E-state index in [0.717, 1.165) is 6.42 Å². The molecule has 0 saturated carbocycles. The SMILES string of the molecule is CSc1ccccc1C1(S)C=CCC=C1. The van der Waals surface area contributed by atoms with Crippen LogP contribution in [0.1, 0.15) is 12.0 Å². The van der Waals surface area contributed by atoms with Gasteiger partial charge in [0.25, 0.3) is 0 Å². The van der Waals surface area contributed by atoms with E-state index in [1.807, 2.05) is 0 Å². The molecule has 0 nitrogen and oxygen atoms in total. The summed E-state index contributed by atoms with van der Waals surface area (Å²) in [6.07, 6.45) is 11.8. The predicted octanol–water partition coefficient (Wildman–Crippen LogP) is 4.05. The molecule has 0 bridgehead atoms. The second kappa shape index (κ2) is 4.50. The molecule has 1 aromatic rings. The number of allylic oxidation sites excluding steroid dienone is 2. The number of hydrogen-bond donors (Lipinski definition) is 1. The van der Waals surface area contributed by atoms with Crippen LogP contribution in [0.4, 0.5) is 0 Å². The van der Waals surface area contributed by atoms with Crippen LogP contribution in [0.2, 0.25) is 0 Å². The van der Waals surface area contributed by atoms with Crippen molar-refractivity contribution in [3.63, 3.8) is 0 Å². The second-order valence-electron chi connectivity index (χ2n) is 3.57. The molecule has 0 heterocycles. The van der Waals surface area contributed by atoms with Gasteiger partial charge in [0.2, 0.25) is 0 Å². The van der Waals surface area contributed by atoms with Crippen molar-refractivity contribution < 1.29 is 0 Å². The van der Waals surface area contributed by atoms with Gasteiger partial charge in [-0.25, -0.2) is 0 Å². The Morgan fingerprint density at radius 2 is 1.87 bits per heavy atom. The van der Waals surface area contributed by atoms with Crippen LogP contribution in [0.3, 0.4) is 0 Å². The van der Waals surface area contributed by atoms with Crippen LogP contribution in [0, 0.1) is 0 Å². The molecule has 1 aliphatic carbocycles. The van der Waals surface area contributed by atoms with Gasteiger partial charge in [-0.2, -0.15) is 12.6 Å². The highest BCUT2D eigenvalue weighted by atomic mass is 32.2. The van der Waals surface area contributed by atoms with Crippen LogP contribution in [0.25, 0.3) is 0 Å². The average molecular weight is 234 g/mol. The maximum Gasteiger partial charge on any atom is 0.0750 e. The number of thioether (sulfide) groups is 1. The summed E-state index contributed by atoms with van der Waals surface area (Å²) in [5.74, 6) is 0. The molecule has 0 amide bonds. The fourth-order valence-corrected chi connectivity index (χ4v) is 2.94. The molecule has 0 N–H and O–H groups in total. The zero-order chi connectivity index (χ0) is 10.7. The van der Waals surface area contributed by atoms with Crippen molar-refractivity contribution in [1.82, 2.24) is 0 Å². The highest BCUT2D eigenvalue weighted by molar-refractivity contribution is 7.98. The van der Waals surface area contributed by atoms with Crippen LogP contribution in [-0.2, 0) is 4.75 Å². The van der Waals surface area contributed by atoms with E-state index in [0.29, 0.717) is 0 Å². The highest BCUT2D eigenvalue weighted by Crippen LogP contribution is 2.39. The zero-order valence-corrected chi connectivity index (χ0v) is 10.4. The highest BCUT2D eigenvalue weighted by Gasteiger charge is 2.24. The lowest BCUT2D eigenvalue weighted by Crippen LogP contribution is -2.15. The quantitative estimate of drug-likeness (QED) is 0.457. The molecule has 0 radical (unpaired) electrons. The summed E-state index contributed by atoms with van der Waals surface area (Å²) < 4.78 is -0.224. The molecule has 15 heavy (non-hydrogen) atoms. The number of rotatable bonds is 2. The second-order valence-corrected chi connectivity index (χ2v) is 5.15. The summed E-state index contributed by atoms with van der Waals surface area (Å²) in [6, 6.07) is 8.44. The van der Waals surface area contributed by atoms with E-state index < -0.39 is 0 Å². The van der Waals surface area contributed by atoms with Crippen molar-refractivity contribution in [2.75, 3.05) is 6.26 Å². The number of thiol groups is 1. The molecule has 0 unspecified atom stereocenters. The zero-order valence-electron chi connectivity index (χ0n) is 8.68. The fraction of sp³-hybridized carbons (Fsp3) is 0.231. The van der Waals surface area contributed by atoms with Gasteiger partial charge in [-0.05, 0) is 24.3 Å². The predicted molar refractivity (Wildman–Crippen MR) is 71.8 cm³/mol. The summed E-state index contributed by atoms with van der Waals surface area (Å²) in [7, 11) is 0. The normalized spacial score (nSPS) is 18.0. The third-order valence-corrected chi connectivity index (χ3v) is 3.89. The van der Waals surface area contributed by atoms with E-state index in [-0.39, 0.29) is 4.75 Å². The van der Waals surface area contributed by atoms with Crippen molar-refractivity contribution in [2.24, 2.45) is 0 Å². The molecular weight excluding hydrogens is 220 g/mol. The van der Waals surface area contributed by atoms with Gasteiger partial charge in [-0.15, -0.1) is 11.8 Å². The average Bonchev–Trinajstić information content (AvgIpc) is 2.30. The van der Waals surface area contributed by atoms with Gasteiger partial charge in [-0.1, -0.05) is 42.5 Å². The molecule has 1 aromatic carbocycles. The summed E-state index contributed by atoms with van der Waals surface area (Å²) >= 11 is 6.55. The van der Waals surface area contributed by atoms with E-state index in [9.17, 15) is 0 Å². The van der Waals surface area contributed by atoms with Gasteiger partial charge < -0.3 is 0 Å². The van der Waals surface area contributed by atoms with E-state index in [2.05, 4.69) is 54.8 Å². The first-order chi connectivity index (χ1) is 7.26. The lowest BCUT2D eigenvalue weighted by Gasteiger charge is -2.25. The van der Waals surface area contributed by atoms with Gasteiger partial charge >= 0.3 is 0 Å². The summed E-state index contributed by atoms with van der Waals surface area (Å²) in [4.78, 5) is 1.30. The molecule has 78 valence electrons. The van der Waals surface area contributed by atoms with E-state index in [1.54, 1.807) is 11.8 Å². The van der Waals surface area contributed by atoms with Crippen molar-refractivity contribution in [3.8, 4) is 0 Å². The Labute approximate surface area is 101 Å². The Kier molecular flexibility index (Phi) is 3.27. The van der Waals surface area contributed by atoms with Gasteiger partial charge in [0, 0.05) is 4.90 Å². The summed E-state index contributed by atoms with van der Waals surface area (Å²) in [5, 5.41) is 0. The van der Waals surface area contributed by atoms with Gasteiger partial charge in [0.15, 0.2) is 0 Å². The summed E-state index contributed by atoms with van der Waals surface area (Å²) in [6.45, 7) is 0. The van der Waals surface area contributed by atoms with Crippen LogP contribution >= 0.6 is 24.4 Å². The Balaban J connectivity index is 2.48. The van der Waals surface area contributed by atoms with Crippen LogP contribution in [-0.4, -0.2) is 6.26 Å². The Bertz CT molecular complexity index is 393. The lowest BCUT2D eigenvalue weighted by molar-refractivity contribution is 0.933. The maximum atomic E-state index is 4.78. The Morgan fingerprint density at radius 1 is 1.20 bits per heavy atom. The molecular formula is C13H14S2. The molecule has 0 spiro atoms. The molecule has 1 aliphatic rings. The van der Waals surface area contributed by atoms with Crippen LogP contribution in [0.5, 0.6) is 0 Å². The number of hydrogen-bond acceptors (Lipinski definition) is 2. The lowest BCUT2D eigenvalue weighted by atomic mass is 9.93. The third kappa shape index (κ3) is 2.16. The Hall–Kier alpha value is -0.600. The first-order valence-corrected chi connectivity index (χ1v) is 6.65. The molecule has 0 saturated heterocycles. The van der Waals surface area contributed by atoms with E-state index >= 15 is 0 Å². The maximum absolute atomic E-state index is 4.78. The van der Waals surface area contributed by atoms with Gasteiger partial charge in [-0.3, -0.25) is 0 Å². The largest absolute Gasteiger partial charge is 0.159 e. The third-order valence-electron chi connectivity index (χ3n) is 2.55. The standard InChI is InChI=1S/C13H14S2/c1-15-12-8-4-3-7-11(12)13(14)9-5-2-6-10-13/h3-10,14H,2H2,1H3. The molecule has 2 heteroatoms. The van der Waals surface area contributed by atoms with E-state index in [4.69, 9.17) is 12.6 Å².